The van der Waals surface area contributed by atoms with E-state index in [1.165, 1.54) is 12.1 Å². The number of nitrogens with zero attached hydrogens (tertiary/aromatic N) is 1. The molecule has 0 spiro atoms. The van der Waals surface area contributed by atoms with Crippen molar-refractivity contribution in [2.45, 2.75) is 25.1 Å². The van der Waals surface area contributed by atoms with Gasteiger partial charge in [0.2, 0.25) is 0 Å². The van der Waals surface area contributed by atoms with E-state index in [4.69, 9.17) is 9.47 Å². The Morgan fingerprint density at radius 3 is 2.64 bits per heavy atom. The molecule has 0 amide bonds. The maximum Gasteiger partial charge on any atom is 0.416 e. The second-order valence-corrected chi connectivity index (χ2v) is 7.03. The van der Waals surface area contributed by atoms with E-state index in [0.717, 1.165) is 30.3 Å². The monoisotopic (exact) mass is 401 g/mol. The first-order valence-corrected chi connectivity index (χ1v) is 8.81. The molecule has 1 aliphatic rings. The number of likely N-dealkylation sites (tertiary alicyclic amines) is 1. The molecule has 2 aromatic carbocycles. The Bertz CT molecular complexity index is 826. The van der Waals surface area contributed by atoms with Crippen LogP contribution >= 0.6 is 0 Å². The molecule has 28 heavy (non-hydrogen) atoms. The minimum absolute atomic E-state index is 0.151. The van der Waals surface area contributed by atoms with Crippen molar-refractivity contribution in [2.24, 2.45) is 0 Å². The van der Waals surface area contributed by atoms with Crippen molar-refractivity contribution in [3.8, 4) is 11.5 Å². The van der Waals surface area contributed by atoms with Gasteiger partial charge in [-0.1, -0.05) is 6.07 Å². The summed E-state index contributed by atoms with van der Waals surface area (Å²) in [4.78, 5) is 2.00. The molecule has 0 aromatic heterocycles. The number of alkyl halides is 3. The summed E-state index contributed by atoms with van der Waals surface area (Å²) < 4.78 is 76.4. The lowest BCUT2D eigenvalue weighted by atomic mass is 10.1. The number of hydrogen-bond acceptors (Lipinski definition) is 3. The van der Waals surface area contributed by atoms with E-state index in [1.807, 2.05) is 11.8 Å². The van der Waals surface area contributed by atoms with Crippen LogP contribution in [0.15, 0.2) is 42.5 Å². The molecule has 2 aromatic rings. The van der Waals surface area contributed by atoms with Gasteiger partial charge >= 0.3 is 6.18 Å². The smallest absolute Gasteiger partial charge is 0.416 e. The molecule has 1 unspecified atom stereocenters. The average Bonchev–Trinajstić information content (AvgIpc) is 2.98. The molecular weight excluding hydrogens is 381 g/mol. The van der Waals surface area contributed by atoms with E-state index in [2.05, 4.69) is 0 Å². The lowest BCUT2D eigenvalue weighted by Gasteiger charge is -2.27. The van der Waals surface area contributed by atoms with Crippen molar-refractivity contribution in [1.82, 2.24) is 4.90 Å². The van der Waals surface area contributed by atoms with Crippen LogP contribution < -0.4 is 9.47 Å². The fourth-order valence-electron chi connectivity index (χ4n) is 3.19. The van der Waals surface area contributed by atoms with Gasteiger partial charge in [0.1, 0.15) is 23.8 Å². The summed E-state index contributed by atoms with van der Waals surface area (Å²) in [5.74, 6) is -1.21. The molecule has 1 atom stereocenters. The van der Waals surface area contributed by atoms with Crippen LogP contribution in [-0.4, -0.2) is 36.7 Å². The number of hydrogen-bond donors (Lipinski definition) is 0. The van der Waals surface area contributed by atoms with E-state index in [1.54, 1.807) is 0 Å². The highest BCUT2D eigenvalue weighted by molar-refractivity contribution is 5.31. The van der Waals surface area contributed by atoms with Crippen LogP contribution in [0.5, 0.6) is 11.5 Å². The van der Waals surface area contributed by atoms with Crippen molar-refractivity contribution in [3.63, 3.8) is 0 Å². The topological polar surface area (TPSA) is 21.7 Å². The minimum Gasteiger partial charge on any atom is -0.489 e. The van der Waals surface area contributed by atoms with Crippen molar-refractivity contribution < 1.29 is 31.4 Å². The summed E-state index contributed by atoms with van der Waals surface area (Å²) in [5.41, 5.74) is -1.40. The molecule has 0 aliphatic carbocycles. The highest BCUT2D eigenvalue weighted by Crippen LogP contribution is 2.34. The van der Waals surface area contributed by atoms with Crippen molar-refractivity contribution in [1.29, 1.82) is 0 Å². The van der Waals surface area contributed by atoms with E-state index in [0.29, 0.717) is 26.1 Å². The minimum atomic E-state index is -4.43. The molecule has 0 bridgehead atoms. The molecule has 0 saturated carbocycles. The van der Waals surface area contributed by atoms with Gasteiger partial charge in [0.15, 0.2) is 11.6 Å². The molecule has 1 aliphatic heterocycles. The third kappa shape index (κ3) is 5.13. The maximum absolute atomic E-state index is 13.5. The first-order chi connectivity index (χ1) is 13.1. The number of benzene rings is 2. The van der Waals surface area contributed by atoms with E-state index in [9.17, 15) is 22.0 Å². The number of rotatable bonds is 6. The molecule has 3 rings (SSSR count). The highest BCUT2D eigenvalue weighted by atomic mass is 19.4. The Hall–Kier alpha value is -2.35. The maximum atomic E-state index is 13.5. The standard InChI is InChI=1S/C20H20F5NO2/c1-19(28-16-4-2-3-14(11-16)20(23,24)25)7-8-26(13-19)9-10-27-18-12-15(21)5-6-17(18)22/h2-6,11-12H,7-10,13H2,1H3. The molecule has 0 N–H and O–H groups in total. The van der Waals surface area contributed by atoms with Gasteiger partial charge in [-0.2, -0.15) is 13.2 Å². The summed E-state index contributed by atoms with van der Waals surface area (Å²) in [5, 5.41) is 0. The zero-order valence-electron chi connectivity index (χ0n) is 15.2. The first kappa shape index (κ1) is 20.4. The summed E-state index contributed by atoms with van der Waals surface area (Å²) >= 11 is 0. The van der Waals surface area contributed by atoms with Gasteiger partial charge in [0.05, 0.1) is 5.56 Å². The molecular formula is C20H20F5NO2. The predicted octanol–water partition coefficient (Wildman–Crippen LogP) is 4.91. The number of ether oxygens (including phenoxy) is 2. The zero-order chi connectivity index (χ0) is 20.4. The van der Waals surface area contributed by atoms with E-state index < -0.39 is 29.0 Å². The Labute approximate surface area is 159 Å². The van der Waals surface area contributed by atoms with Crippen molar-refractivity contribution in [3.05, 3.63) is 59.7 Å². The molecule has 1 fully saturated rings. The van der Waals surface area contributed by atoms with Crippen LogP contribution in [0.2, 0.25) is 0 Å². The van der Waals surface area contributed by atoms with Gasteiger partial charge in [-0.15, -0.1) is 0 Å². The third-order valence-corrected chi connectivity index (χ3v) is 4.60. The Kier molecular flexibility index (Phi) is 5.79. The third-order valence-electron chi connectivity index (χ3n) is 4.60. The molecule has 1 heterocycles. The summed E-state index contributed by atoms with van der Waals surface area (Å²) in [6.07, 6.45) is -3.80. The van der Waals surface area contributed by atoms with Crippen LogP contribution in [0, 0.1) is 11.6 Å². The summed E-state index contributed by atoms with van der Waals surface area (Å²) in [6.45, 7) is 3.58. The summed E-state index contributed by atoms with van der Waals surface area (Å²) in [7, 11) is 0. The van der Waals surface area contributed by atoms with Gasteiger partial charge in [-0.25, -0.2) is 8.78 Å². The van der Waals surface area contributed by atoms with Gasteiger partial charge < -0.3 is 9.47 Å². The van der Waals surface area contributed by atoms with Crippen LogP contribution in [-0.2, 0) is 6.18 Å². The normalized spacial score (nSPS) is 20.4. The second-order valence-electron chi connectivity index (χ2n) is 7.03. The Morgan fingerprint density at radius 2 is 1.89 bits per heavy atom. The van der Waals surface area contributed by atoms with Crippen LogP contribution in [0.1, 0.15) is 18.9 Å². The quantitative estimate of drug-likeness (QED) is 0.643. The van der Waals surface area contributed by atoms with Crippen LogP contribution in [0.25, 0.3) is 0 Å². The fraction of sp³-hybridized carbons (Fsp3) is 0.400. The molecule has 0 radical (unpaired) electrons. The van der Waals surface area contributed by atoms with E-state index in [-0.39, 0.29) is 18.1 Å². The lowest BCUT2D eigenvalue weighted by Crippen LogP contribution is -2.37. The fourth-order valence-corrected chi connectivity index (χ4v) is 3.19. The zero-order valence-corrected chi connectivity index (χ0v) is 15.2. The Morgan fingerprint density at radius 1 is 1.11 bits per heavy atom. The molecule has 1 saturated heterocycles. The predicted molar refractivity (Wildman–Crippen MR) is 93.4 cm³/mol. The molecule has 8 heteroatoms. The second kappa shape index (κ2) is 7.95. The molecule has 3 nitrogen and oxygen atoms in total. The first-order valence-electron chi connectivity index (χ1n) is 8.81. The lowest BCUT2D eigenvalue weighted by molar-refractivity contribution is -0.137. The average molecular weight is 401 g/mol. The van der Waals surface area contributed by atoms with Crippen LogP contribution in [0.4, 0.5) is 22.0 Å². The van der Waals surface area contributed by atoms with Crippen molar-refractivity contribution >= 4 is 0 Å². The summed E-state index contributed by atoms with van der Waals surface area (Å²) in [6, 6.07) is 7.80. The van der Waals surface area contributed by atoms with Crippen molar-refractivity contribution in [2.75, 3.05) is 26.2 Å². The highest BCUT2D eigenvalue weighted by Gasteiger charge is 2.36. The van der Waals surface area contributed by atoms with Gasteiger partial charge in [-0.3, -0.25) is 4.90 Å². The van der Waals surface area contributed by atoms with E-state index >= 15 is 0 Å². The molecule has 152 valence electrons. The SMILES string of the molecule is CC1(Oc2cccc(C(F)(F)F)c2)CCN(CCOc2cc(F)ccc2F)C1. The van der Waals surface area contributed by atoms with Gasteiger partial charge in [0.25, 0.3) is 0 Å². The van der Waals surface area contributed by atoms with Crippen LogP contribution in [0.3, 0.4) is 0 Å². The van der Waals surface area contributed by atoms with Gasteiger partial charge in [0, 0.05) is 32.1 Å². The van der Waals surface area contributed by atoms with Gasteiger partial charge in [-0.05, 0) is 37.3 Å². The largest absolute Gasteiger partial charge is 0.489 e. The Balaban J connectivity index is 1.53. The number of halogens is 5.